The van der Waals surface area contributed by atoms with Gasteiger partial charge in [0.2, 0.25) is 0 Å². The summed E-state index contributed by atoms with van der Waals surface area (Å²) < 4.78 is 5.63. The van der Waals surface area contributed by atoms with Crippen molar-refractivity contribution >= 4 is 46.6 Å². The van der Waals surface area contributed by atoms with Gasteiger partial charge in [0, 0.05) is 0 Å². The van der Waals surface area contributed by atoms with Crippen molar-refractivity contribution in [1.29, 1.82) is 0 Å². The SMILES string of the molecule is O=C1NC(=O)/C(=C/c2ccc(OCc3ccc(C(=O)[O-])cc3)c(Cl)c2)S1. The summed E-state index contributed by atoms with van der Waals surface area (Å²) in [7, 11) is 0. The summed E-state index contributed by atoms with van der Waals surface area (Å²) in [5.74, 6) is -1.23. The molecule has 2 aromatic rings. The molecule has 1 saturated heterocycles. The van der Waals surface area contributed by atoms with Gasteiger partial charge < -0.3 is 14.6 Å². The molecular formula is C18H11ClNO5S-. The summed E-state index contributed by atoms with van der Waals surface area (Å²) in [6.45, 7) is 0.209. The van der Waals surface area contributed by atoms with Crippen molar-refractivity contribution in [2.24, 2.45) is 0 Å². The average molecular weight is 389 g/mol. The van der Waals surface area contributed by atoms with E-state index in [1.807, 2.05) is 0 Å². The first-order chi connectivity index (χ1) is 12.4. The second-order valence-corrected chi connectivity index (χ2v) is 6.74. The first kappa shape index (κ1) is 18.0. The highest BCUT2D eigenvalue weighted by Gasteiger charge is 2.24. The Bertz CT molecular complexity index is 924. The van der Waals surface area contributed by atoms with Crippen molar-refractivity contribution in [3.63, 3.8) is 0 Å². The second-order valence-electron chi connectivity index (χ2n) is 5.32. The molecule has 3 rings (SSSR count). The Labute approximate surface area is 157 Å². The van der Waals surface area contributed by atoms with Crippen molar-refractivity contribution in [2.75, 3.05) is 0 Å². The number of benzene rings is 2. The van der Waals surface area contributed by atoms with Crippen molar-refractivity contribution in [3.05, 3.63) is 69.1 Å². The number of carboxylic acid groups (broad SMARTS) is 1. The number of nitrogens with one attached hydrogen (secondary N) is 1. The van der Waals surface area contributed by atoms with Crippen LogP contribution in [0.4, 0.5) is 4.79 Å². The van der Waals surface area contributed by atoms with Crippen LogP contribution in [0, 0.1) is 0 Å². The lowest BCUT2D eigenvalue weighted by atomic mass is 10.1. The van der Waals surface area contributed by atoms with E-state index in [0.29, 0.717) is 21.2 Å². The van der Waals surface area contributed by atoms with Crippen LogP contribution in [0.15, 0.2) is 47.4 Å². The average Bonchev–Trinajstić information content (AvgIpc) is 2.91. The number of halogens is 1. The zero-order valence-corrected chi connectivity index (χ0v) is 14.7. The van der Waals surface area contributed by atoms with Gasteiger partial charge in [-0.3, -0.25) is 14.9 Å². The molecule has 1 aliphatic rings. The highest BCUT2D eigenvalue weighted by atomic mass is 35.5. The van der Waals surface area contributed by atoms with E-state index >= 15 is 0 Å². The van der Waals surface area contributed by atoms with Crippen LogP contribution < -0.4 is 15.2 Å². The van der Waals surface area contributed by atoms with Gasteiger partial charge >= 0.3 is 0 Å². The lowest BCUT2D eigenvalue weighted by Crippen LogP contribution is -2.22. The van der Waals surface area contributed by atoms with Gasteiger partial charge in [-0.2, -0.15) is 0 Å². The number of aromatic carboxylic acids is 1. The highest BCUT2D eigenvalue weighted by molar-refractivity contribution is 8.18. The molecule has 132 valence electrons. The smallest absolute Gasteiger partial charge is 0.290 e. The fraction of sp³-hybridized carbons (Fsp3) is 0.0556. The Balaban J connectivity index is 1.68. The maximum absolute atomic E-state index is 11.5. The van der Waals surface area contributed by atoms with Crippen molar-refractivity contribution < 1.29 is 24.2 Å². The third-order valence-corrected chi connectivity index (χ3v) is 4.59. The third-order valence-electron chi connectivity index (χ3n) is 3.48. The van der Waals surface area contributed by atoms with E-state index in [0.717, 1.165) is 17.3 Å². The molecule has 0 saturated carbocycles. The van der Waals surface area contributed by atoms with Crippen LogP contribution in [-0.2, 0) is 11.4 Å². The lowest BCUT2D eigenvalue weighted by Gasteiger charge is -2.10. The summed E-state index contributed by atoms with van der Waals surface area (Å²) in [4.78, 5) is 33.7. The summed E-state index contributed by atoms with van der Waals surface area (Å²) in [6, 6.07) is 11.1. The first-order valence-corrected chi connectivity index (χ1v) is 8.59. The first-order valence-electron chi connectivity index (χ1n) is 7.40. The number of carbonyl (C=O) groups excluding carboxylic acids is 3. The minimum atomic E-state index is -1.24. The van der Waals surface area contributed by atoms with E-state index in [4.69, 9.17) is 16.3 Å². The summed E-state index contributed by atoms with van der Waals surface area (Å²) in [6.07, 6.45) is 1.57. The van der Waals surface area contributed by atoms with Crippen LogP contribution >= 0.6 is 23.4 Å². The third kappa shape index (κ3) is 4.25. The van der Waals surface area contributed by atoms with E-state index in [1.54, 1.807) is 36.4 Å². The highest BCUT2D eigenvalue weighted by Crippen LogP contribution is 2.30. The fourth-order valence-electron chi connectivity index (χ4n) is 2.19. The minimum absolute atomic E-state index is 0.0940. The number of amides is 2. The molecule has 1 fully saturated rings. The van der Waals surface area contributed by atoms with Crippen molar-refractivity contribution in [2.45, 2.75) is 6.61 Å². The van der Waals surface area contributed by atoms with Crippen LogP contribution in [0.3, 0.4) is 0 Å². The second kappa shape index (κ2) is 7.63. The molecule has 2 aromatic carbocycles. The molecule has 1 heterocycles. The maximum Gasteiger partial charge on any atom is 0.290 e. The number of thioether (sulfide) groups is 1. The van der Waals surface area contributed by atoms with Crippen LogP contribution in [0.25, 0.3) is 6.08 Å². The van der Waals surface area contributed by atoms with Crippen LogP contribution in [0.5, 0.6) is 5.75 Å². The molecule has 1 N–H and O–H groups in total. The monoisotopic (exact) mass is 388 g/mol. The van der Waals surface area contributed by atoms with E-state index in [1.165, 1.54) is 12.1 Å². The van der Waals surface area contributed by atoms with Gasteiger partial charge in [-0.1, -0.05) is 41.9 Å². The predicted octanol–water partition coefficient (Wildman–Crippen LogP) is 2.61. The van der Waals surface area contributed by atoms with E-state index in [-0.39, 0.29) is 12.2 Å². The van der Waals surface area contributed by atoms with Gasteiger partial charge in [0.05, 0.1) is 15.9 Å². The Morgan fingerprint density at radius 2 is 1.92 bits per heavy atom. The van der Waals surface area contributed by atoms with Crippen molar-refractivity contribution in [3.8, 4) is 5.75 Å². The molecule has 2 amide bonds. The molecule has 8 heteroatoms. The topological polar surface area (TPSA) is 95.5 Å². The molecule has 0 aromatic heterocycles. The molecule has 0 spiro atoms. The molecule has 0 unspecified atom stereocenters. The molecular weight excluding hydrogens is 378 g/mol. The maximum atomic E-state index is 11.5. The number of carbonyl (C=O) groups is 3. The van der Waals surface area contributed by atoms with E-state index < -0.39 is 17.1 Å². The van der Waals surface area contributed by atoms with E-state index in [2.05, 4.69) is 5.32 Å². The quantitative estimate of drug-likeness (QED) is 0.791. The number of rotatable bonds is 5. The van der Waals surface area contributed by atoms with Crippen LogP contribution in [0.1, 0.15) is 21.5 Å². The van der Waals surface area contributed by atoms with Gasteiger partial charge in [0.25, 0.3) is 11.1 Å². The number of imide groups is 1. The zero-order chi connectivity index (χ0) is 18.7. The van der Waals surface area contributed by atoms with E-state index in [9.17, 15) is 19.5 Å². The molecule has 0 aliphatic carbocycles. The molecule has 26 heavy (non-hydrogen) atoms. The molecule has 6 nitrogen and oxygen atoms in total. The Morgan fingerprint density at radius 1 is 1.19 bits per heavy atom. The van der Waals surface area contributed by atoms with Crippen molar-refractivity contribution in [1.82, 2.24) is 5.32 Å². The molecule has 0 atom stereocenters. The number of hydrogen-bond acceptors (Lipinski definition) is 6. The molecule has 0 bridgehead atoms. The Hall–Kier alpha value is -2.77. The van der Waals surface area contributed by atoms with Gasteiger partial charge in [-0.25, -0.2) is 0 Å². The number of carboxylic acids is 1. The summed E-state index contributed by atoms with van der Waals surface area (Å²) in [5, 5.41) is 12.8. The summed E-state index contributed by atoms with van der Waals surface area (Å²) >= 11 is 7.03. The molecule has 1 aliphatic heterocycles. The predicted molar refractivity (Wildman–Crippen MR) is 95.7 cm³/mol. The minimum Gasteiger partial charge on any atom is -0.545 e. The van der Waals surface area contributed by atoms with Gasteiger partial charge in [0.1, 0.15) is 12.4 Å². The lowest BCUT2D eigenvalue weighted by molar-refractivity contribution is -0.255. The Kier molecular flexibility index (Phi) is 5.29. The van der Waals surface area contributed by atoms with Gasteiger partial charge in [0.15, 0.2) is 0 Å². The number of ether oxygens (including phenoxy) is 1. The van der Waals surface area contributed by atoms with Crippen LogP contribution in [-0.4, -0.2) is 17.1 Å². The fourth-order valence-corrected chi connectivity index (χ4v) is 3.12. The van der Waals surface area contributed by atoms with Crippen LogP contribution in [0.2, 0.25) is 5.02 Å². The Morgan fingerprint density at radius 3 is 2.50 bits per heavy atom. The normalized spacial score (nSPS) is 15.2. The molecule has 0 radical (unpaired) electrons. The van der Waals surface area contributed by atoms with Gasteiger partial charge in [-0.05, 0) is 46.7 Å². The number of hydrogen-bond donors (Lipinski definition) is 1. The standard InChI is InChI=1S/C18H12ClNO5S/c19-13-7-11(8-15-16(21)20-18(24)26-15)3-6-14(13)25-9-10-1-4-12(5-2-10)17(22)23/h1-8H,9H2,(H,22,23)(H,20,21,24)/p-1/b15-8-. The zero-order valence-electron chi connectivity index (χ0n) is 13.2. The van der Waals surface area contributed by atoms with Gasteiger partial charge in [-0.15, -0.1) is 0 Å². The summed E-state index contributed by atoms with van der Waals surface area (Å²) in [5.41, 5.74) is 1.53. The largest absolute Gasteiger partial charge is 0.545 e.